The quantitative estimate of drug-likeness (QED) is 0.657. The van der Waals surface area contributed by atoms with E-state index < -0.39 is 0 Å². The summed E-state index contributed by atoms with van der Waals surface area (Å²) in [6.07, 6.45) is 2.10. The Kier molecular flexibility index (Phi) is 4.07. The summed E-state index contributed by atoms with van der Waals surface area (Å²) in [6.45, 7) is 10.9. The van der Waals surface area contributed by atoms with Gasteiger partial charge in [-0.2, -0.15) is 0 Å². The zero-order valence-corrected chi connectivity index (χ0v) is 13.4. The van der Waals surface area contributed by atoms with Gasteiger partial charge in [-0.1, -0.05) is 6.92 Å². The number of ether oxygens (including phenoxy) is 1. The summed E-state index contributed by atoms with van der Waals surface area (Å²) in [6, 6.07) is 4.58. The van der Waals surface area contributed by atoms with Crippen LogP contribution in [0.2, 0.25) is 0 Å². The van der Waals surface area contributed by atoms with Gasteiger partial charge in [0.1, 0.15) is 0 Å². The molecule has 19 heavy (non-hydrogen) atoms. The van der Waals surface area contributed by atoms with Gasteiger partial charge in [0.2, 0.25) is 0 Å². The normalized spacial score (nSPS) is 26.5. The van der Waals surface area contributed by atoms with Crippen molar-refractivity contribution in [2.45, 2.75) is 64.7 Å². The van der Waals surface area contributed by atoms with Crippen molar-refractivity contribution in [3.05, 3.63) is 21.9 Å². The summed E-state index contributed by atoms with van der Waals surface area (Å²) in [4.78, 5) is 2.73. The summed E-state index contributed by atoms with van der Waals surface area (Å²) >= 11 is 1.86. The summed E-state index contributed by atoms with van der Waals surface area (Å²) < 4.78 is 6.20. The third kappa shape index (κ3) is 3.02. The van der Waals surface area contributed by atoms with Crippen LogP contribution in [0.15, 0.2) is 12.1 Å². The first-order valence-corrected chi connectivity index (χ1v) is 7.85. The van der Waals surface area contributed by atoms with Gasteiger partial charge in [0.15, 0.2) is 0 Å². The smallest absolute Gasteiger partial charge is 0.0681 e. The highest BCUT2D eigenvalue weighted by Gasteiger charge is 2.49. The van der Waals surface area contributed by atoms with E-state index in [1.807, 2.05) is 11.3 Å². The molecule has 0 saturated carbocycles. The molecule has 1 aromatic rings. The minimum Gasteiger partial charge on any atom is -0.369 e. The van der Waals surface area contributed by atoms with Crippen LogP contribution in [0.1, 0.15) is 56.8 Å². The number of aryl methyl sites for hydroxylation is 1. The van der Waals surface area contributed by atoms with E-state index in [4.69, 9.17) is 10.6 Å². The fourth-order valence-electron chi connectivity index (χ4n) is 3.27. The summed E-state index contributed by atoms with van der Waals surface area (Å²) in [5.74, 6) is 6.23. The Bertz CT molecular complexity index is 439. The summed E-state index contributed by atoms with van der Waals surface area (Å²) in [7, 11) is 0. The van der Waals surface area contributed by atoms with E-state index in [2.05, 4.69) is 52.2 Å². The molecule has 4 heteroatoms. The van der Waals surface area contributed by atoms with Crippen molar-refractivity contribution in [2.24, 2.45) is 11.8 Å². The van der Waals surface area contributed by atoms with Gasteiger partial charge in [-0.05, 0) is 52.7 Å². The van der Waals surface area contributed by atoms with Gasteiger partial charge in [0.25, 0.3) is 0 Å². The van der Waals surface area contributed by atoms with E-state index in [1.165, 1.54) is 9.75 Å². The van der Waals surface area contributed by atoms with Gasteiger partial charge in [0, 0.05) is 15.7 Å². The number of nitrogens with one attached hydrogen (secondary N) is 1. The fraction of sp³-hybridized carbons (Fsp3) is 0.733. The SMILES string of the molecule is CCc1ccc(C(NN)C2CC(C)(C)OC2(C)C)s1. The number of thiophene rings is 1. The van der Waals surface area contributed by atoms with Crippen LogP contribution >= 0.6 is 11.3 Å². The van der Waals surface area contributed by atoms with Crippen molar-refractivity contribution >= 4 is 11.3 Å². The number of rotatable bonds is 4. The number of hydrogen-bond donors (Lipinski definition) is 2. The first kappa shape index (κ1) is 15.0. The van der Waals surface area contributed by atoms with Crippen LogP contribution in [0.4, 0.5) is 0 Å². The molecule has 2 unspecified atom stereocenters. The first-order chi connectivity index (χ1) is 8.79. The van der Waals surface area contributed by atoms with Gasteiger partial charge in [0.05, 0.1) is 17.2 Å². The molecule has 0 bridgehead atoms. The Hall–Kier alpha value is -0.420. The largest absolute Gasteiger partial charge is 0.369 e. The van der Waals surface area contributed by atoms with Crippen LogP contribution in [0.3, 0.4) is 0 Å². The average Bonchev–Trinajstić information content (AvgIpc) is 2.83. The van der Waals surface area contributed by atoms with Crippen LogP contribution in [-0.4, -0.2) is 11.2 Å². The van der Waals surface area contributed by atoms with Crippen molar-refractivity contribution in [2.75, 3.05) is 0 Å². The fourth-order valence-corrected chi connectivity index (χ4v) is 4.35. The Balaban J connectivity index is 2.27. The van der Waals surface area contributed by atoms with E-state index in [1.54, 1.807) is 0 Å². The molecule has 108 valence electrons. The predicted molar refractivity (Wildman–Crippen MR) is 81.1 cm³/mol. The maximum atomic E-state index is 6.20. The minimum absolute atomic E-state index is 0.0753. The Morgan fingerprint density at radius 3 is 2.53 bits per heavy atom. The third-order valence-corrected chi connectivity index (χ3v) is 5.38. The van der Waals surface area contributed by atoms with E-state index in [-0.39, 0.29) is 17.2 Å². The molecule has 0 spiro atoms. The van der Waals surface area contributed by atoms with E-state index >= 15 is 0 Å². The lowest BCUT2D eigenvalue weighted by molar-refractivity contribution is -0.0777. The average molecular weight is 282 g/mol. The number of nitrogens with two attached hydrogens (primary N) is 1. The predicted octanol–water partition coefficient (Wildman–Crippen LogP) is 3.41. The van der Waals surface area contributed by atoms with Crippen LogP contribution in [0, 0.1) is 5.92 Å². The molecule has 2 atom stereocenters. The highest BCUT2D eigenvalue weighted by atomic mass is 32.1. The number of hydrazine groups is 1. The summed E-state index contributed by atoms with van der Waals surface area (Å²) in [5.41, 5.74) is 2.79. The van der Waals surface area contributed by atoms with Crippen LogP contribution in [0.5, 0.6) is 0 Å². The van der Waals surface area contributed by atoms with Crippen molar-refractivity contribution in [3.8, 4) is 0 Å². The molecule has 2 heterocycles. The molecule has 0 aliphatic carbocycles. The third-order valence-electron chi connectivity index (χ3n) is 4.06. The molecular weight excluding hydrogens is 256 g/mol. The van der Waals surface area contributed by atoms with E-state index in [9.17, 15) is 0 Å². The second-order valence-corrected chi connectivity index (χ2v) is 7.78. The highest BCUT2D eigenvalue weighted by Crippen LogP contribution is 2.48. The lowest BCUT2D eigenvalue weighted by atomic mass is 9.81. The van der Waals surface area contributed by atoms with Gasteiger partial charge >= 0.3 is 0 Å². The zero-order valence-electron chi connectivity index (χ0n) is 12.6. The first-order valence-electron chi connectivity index (χ1n) is 7.04. The van der Waals surface area contributed by atoms with Crippen LogP contribution in [0.25, 0.3) is 0 Å². The molecule has 2 rings (SSSR count). The monoisotopic (exact) mass is 282 g/mol. The molecule has 3 N–H and O–H groups in total. The van der Waals surface area contributed by atoms with E-state index in [0.29, 0.717) is 5.92 Å². The minimum atomic E-state index is -0.156. The maximum absolute atomic E-state index is 6.20. The maximum Gasteiger partial charge on any atom is 0.0681 e. The molecular formula is C15H26N2OS. The summed E-state index contributed by atoms with van der Waals surface area (Å²) in [5, 5.41) is 0. The topological polar surface area (TPSA) is 47.3 Å². The lowest BCUT2D eigenvalue weighted by Crippen LogP contribution is -2.40. The van der Waals surface area contributed by atoms with E-state index in [0.717, 1.165) is 12.8 Å². The van der Waals surface area contributed by atoms with Gasteiger partial charge in [-0.15, -0.1) is 11.3 Å². The zero-order chi connectivity index (χ0) is 14.3. The molecule has 1 aromatic heterocycles. The molecule has 0 radical (unpaired) electrons. The van der Waals surface area contributed by atoms with Gasteiger partial charge in [-0.25, -0.2) is 0 Å². The molecule has 0 aromatic carbocycles. The lowest BCUT2D eigenvalue weighted by Gasteiger charge is -2.32. The Labute approximate surface area is 120 Å². The van der Waals surface area contributed by atoms with Gasteiger partial charge < -0.3 is 4.74 Å². The van der Waals surface area contributed by atoms with Crippen LogP contribution < -0.4 is 11.3 Å². The van der Waals surface area contributed by atoms with Crippen molar-refractivity contribution in [1.82, 2.24) is 5.43 Å². The van der Waals surface area contributed by atoms with Crippen molar-refractivity contribution in [1.29, 1.82) is 0 Å². The molecule has 3 nitrogen and oxygen atoms in total. The molecule has 1 aliphatic rings. The highest BCUT2D eigenvalue weighted by molar-refractivity contribution is 7.12. The molecule has 1 aliphatic heterocycles. The molecule has 0 amide bonds. The Morgan fingerprint density at radius 2 is 2.11 bits per heavy atom. The molecule has 1 saturated heterocycles. The second kappa shape index (κ2) is 5.17. The standard InChI is InChI=1S/C15H26N2OS/c1-6-10-7-8-12(19-10)13(17-16)11-9-14(2,3)18-15(11,4)5/h7-8,11,13,17H,6,9,16H2,1-5H3. The Morgan fingerprint density at radius 1 is 1.42 bits per heavy atom. The second-order valence-electron chi connectivity index (χ2n) is 6.58. The van der Waals surface area contributed by atoms with Gasteiger partial charge in [-0.3, -0.25) is 11.3 Å². The van der Waals surface area contributed by atoms with Crippen LogP contribution in [-0.2, 0) is 11.2 Å². The molecule has 1 fully saturated rings. The van der Waals surface area contributed by atoms with Crippen molar-refractivity contribution < 1.29 is 4.74 Å². The van der Waals surface area contributed by atoms with Crippen molar-refractivity contribution in [3.63, 3.8) is 0 Å². The number of hydrogen-bond acceptors (Lipinski definition) is 4.